The average Bonchev–Trinajstić information content (AvgIpc) is 2.75. The standard InChI is InChI=1S/C16H24N2O2S2/c1-9-7-5-6-8-12(9)17-16(21)18-14-13(15(19)20-4)10(2)11(3)22-14/h9,12H,5-8H2,1-4H3,(H2,17,18,21)/t9-,12+/m0/s1. The van der Waals surface area contributed by atoms with Crippen molar-refractivity contribution in [3.8, 4) is 0 Å². The third-order valence-corrected chi connectivity index (χ3v) is 5.77. The fraction of sp³-hybridized carbons (Fsp3) is 0.625. The van der Waals surface area contributed by atoms with E-state index in [1.54, 1.807) is 0 Å². The summed E-state index contributed by atoms with van der Waals surface area (Å²) in [5.74, 6) is 0.304. The van der Waals surface area contributed by atoms with Crippen molar-refractivity contribution in [2.24, 2.45) is 5.92 Å². The van der Waals surface area contributed by atoms with Crippen LogP contribution >= 0.6 is 23.6 Å². The second-order valence-electron chi connectivity index (χ2n) is 5.95. The number of thiocarbonyl (C=S) groups is 1. The van der Waals surface area contributed by atoms with Gasteiger partial charge in [0.25, 0.3) is 0 Å². The Balaban J connectivity index is 2.08. The zero-order valence-corrected chi connectivity index (χ0v) is 15.2. The number of esters is 1. The van der Waals surface area contributed by atoms with E-state index in [4.69, 9.17) is 17.0 Å². The van der Waals surface area contributed by atoms with Crippen molar-refractivity contribution in [2.45, 2.75) is 52.5 Å². The van der Waals surface area contributed by atoms with Crippen LogP contribution in [0.1, 0.15) is 53.4 Å². The molecule has 0 aromatic carbocycles. The molecule has 0 unspecified atom stereocenters. The molecule has 1 aliphatic carbocycles. The van der Waals surface area contributed by atoms with Crippen molar-refractivity contribution in [3.05, 3.63) is 16.0 Å². The molecule has 0 spiro atoms. The molecule has 1 saturated carbocycles. The van der Waals surface area contributed by atoms with Crippen LogP contribution in [0.4, 0.5) is 5.00 Å². The van der Waals surface area contributed by atoms with Crippen LogP contribution in [-0.4, -0.2) is 24.2 Å². The van der Waals surface area contributed by atoms with Crippen LogP contribution in [0.3, 0.4) is 0 Å². The first kappa shape index (κ1) is 17.2. The summed E-state index contributed by atoms with van der Waals surface area (Å²) in [5, 5.41) is 7.95. The lowest BCUT2D eigenvalue weighted by Crippen LogP contribution is -2.43. The Morgan fingerprint density at radius 2 is 2.00 bits per heavy atom. The van der Waals surface area contributed by atoms with E-state index in [2.05, 4.69) is 17.6 Å². The van der Waals surface area contributed by atoms with E-state index < -0.39 is 0 Å². The minimum Gasteiger partial charge on any atom is -0.465 e. The van der Waals surface area contributed by atoms with Crippen LogP contribution in [0.15, 0.2) is 0 Å². The normalized spacial score (nSPS) is 21.3. The molecule has 122 valence electrons. The molecule has 0 bridgehead atoms. The van der Waals surface area contributed by atoms with Gasteiger partial charge >= 0.3 is 5.97 Å². The molecular weight excluding hydrogens is 316 g/mol. The van der Waals surface area contributed by atoms with E-state index in [0.29, 0.717) is 22.6 Å². The van der Waals surface area contributed by atoms with Crippen LogP contribution in [0, 0.1) is 19.8 Å². The Labute approximate surface area is 141 Å². The summed E-state index contributed by atoms with van der Waals surface area (Å²) in [6.45, 7) is 6.19. The lowest BCUT2D eigenvalue weighted by Gasteiger charge is -2.30. The molecule has 2 N–H and O–H groups in total. The molecule has 2 rings (SSSR count). The first-order valence-corrected chi connectivity index (χ1v) is 8.92. The smallest absolute Gasteiger partial charge is 0.341 e. The number of nitrogens with one attached hydrogen (secondary N) is 2. The molecule has 22 heavy (non-hydrogen) atoms. The summed E-state index contributed by atoms with van der Waals surface area (Å²) in [6, 6.07) is 0.414. The van der Waals surface area contributed by atoms with Gasteiger partial charge in [0.1, 0.15) is 5.00 Å². The summed E-state index contributed by atoms with van der Waals surface area (Å²) in [4.78, 5) is 13.1. The molecule has 0 saturated heterocycles. The predicted molar refractivity (Wildman–Crippen MR) is 95.9 cm³/mol. The van der Waals surface area contributed by atoms with Gasteiger partial charge in [-0.3, -0.25) is 0 Å². The third kappa shape index (κ3) is 3.79. The quantitative estimate of drug-likeness (QED) is 0.643. The minimum absolute atomic E-state index is 0.321. The first-order chi connectivity index (χ1) is 10.4. The van der Waals surface area contributed by atoms with E-state index in [-0.39, 0.29) is 5.97 Å². The number of methoxy groups -OCH3 is 1. The van der Waals surface area contributed by atoms with E-state index in [1.165, 1.54) is 37.7 Å². The van der Waals surface area contributed by atoms with Crippen molar-refractivity contribution < 1.29 is 9.53 Å². The van der Waals surface area contributed by atoms with Gasteiger partial charge in [0.15, 0.2) is 5.11 Å². The fourth-order valence-electron chi connectivity index (χ4n) is 2.90. The van der Waals surface area contributed by atoms with E-state index in [0.717, 1.165) is 21.9 Å². The molecule has 1 heterocycles. The maximum atomic E-state index is 12.0. The van der Waals surface area contributed by atoms with Crippen molar-refractivity contribution in [1.29, 1.82) is 0 Å². The topological polar surface area (TPSA) is 50.4 Å². The second kappa shape index (κ2) is 7.42. The number of carbonyl (C=O) groups is 1. The van der Waals surface area contributed by atoms with Gasteiger partial charge in [-0.2, -0.15) is 0 Å². The minimum atomic E-state index is -0.321. The number of ether oxygens (including phenoxy) is 1. The fourth-order valence-corrected chi connectivity index (χ4v) is 4.27. The van der Waals surface area contributed by atoms with Crippen molar-refractivity contribution in [2.75, 3.05) is 12.4 Å². The number of rotatable bonds is 3. The van der Waals surface area contributed by atoms with Crippen molar-refractivity contribution >= 4 is 39.6 Å². The molecule has 4 nitrogen and oxygen atoms in total. The SMILES string of the molecule is COC(=O)c1c(NC(=S)N[C@@H]2CCCC[C@@H]2C)sc(C)c1C. The molecule has 0 aliphatic heterocycles. The number of thiophene rings is 1. The first-order valence-electron chi connectivity index (χ1n) is 7.69. The highest BCUT2D eigenvalue weighted by Crippen LogP contribution is 2.33. The van der Waals surface area contributed by atoms with Crippen molar-refractivity contribution in [1.82, 2.24) is 5.32 Å². The lowest BCUT2D eigenvalue weighted by atomic mass is 9.86. The van der Waals surface area contributed by atoms with Gasteiger partial charge in [0.05, 0.1) is 12.7 Å². The second-order valence-corrected chi connectivity index (χ2v) is 7.58. The van der Waals surface area contributed by atoms with Gasteiger partial charge in [-0.15, -0.1) is 11.3 Å². The molecule has 1 aromatic heterocycles. The number of carbonyl (C=O) groups excluding carboxylic acids is 1. The Bertz CT molecular complexity index is 569. The van der Waals surface area contributed by atoms with Crippen LogP contribution in [0.2, 0.25) is 0 Å². The number of anilines is 1. The van der Waals surface area contributed by atoms with Gasteiger partial charge in [-0.25, -0.2) is 4.79 Å². The molecule has 1 fully saturated rings. The lowest BCUT2D eigenvalue weighted by molar-refractivity contribution is 0.0601. The summed E-state index contributed by atoms with van der Waals surface area (Å²) < 4.78 is 4.88. The van der Waals surface area contributed by atoms with Crippen LogP contribution in [0.25, 0.3) is 0 Å². The molecule has 0 amide bonds. The monoisotopic (exact) mass is 340 g/mol. The van der Waals surface area contributed by atoms with Crippen LogP contribution in [0.5, 0.6) is 0 Å². The molecular formula is C16H24N2O2S2. The van der Waals surface area contributed by atoms with Crippen LogP contribution in [-0.2, 0) is 4.74 Å². The maximum absolute atomic E-state index is 12.0. The van der Waals surface area contributed by atoms with Gasteiger partial charge in [-0.05, 0) is 50.4 Å². The van der Waals surface area contributed by atoms with Crippen LogP contribution < -0.4 is 10.6 Å². The van der Waals surface area contributed by atoms with Crippen molar-refractivity contribution in [3.63, 3.8) is 0 Å². The summed E-state index contributed by atoms with van der Waals surface area (Å²) in [7, 11) is 1.40. The number of aryl methyl sites for hydroxylation is 1. The van der Waals surface area contributed by atoms with Gasteiger partial charge in [0.2, 0.25) is 0 Å². The number of hydrogen-bond donors (Lipinski definition) is 2. The highest BCUT2D eigenvalue weighted by Gasteiger charge is 2.24. The average molecular weight is 341 g/mol. The molecule has 1 aliphatic rings. The molecule has 0 radical (unpaired) electrons. The zero-order valence-electron chi connectivity index (χ0n) is 13.6. The Morgan fingerprint density at radius 1 is 1.32 bits per heavy atom. The Morgan fingerprint density at radius 3 is 2.64 bits per heavy atom. The highest BCUT2D eigenvalue weighted by atomic mass is 32.1. The zero-order chi connectivity index (χ0) is 16.3. The van der Waals surface area contributed by atoms with E-state index in [1.807, 2.05) is 13.8 Å². The van der Waals surface area contributed by atoms with Gasteiger partial charge in [-0.1, -0.05) is 19.8 Å². The summed E-state index contributed by atoms with van der Waals surface area (Å²) in [5.41, 5.74) is 1.54. The summed E-state index contributed by atoms with van der Waals surface area (Å²) in [6.07, 6.45) is 4.94. The Hall–Kier alpha value is -1.14. The largest absolute Gasteiger partial charge is 0.465 e. The predicted octanol–water partition coefficient (Wildman–Crippen LogP) is 4.02. The van der Waals surface area contributed by atoms with Gasteiger partial charge < -0.3 is 15.4 Å². The third-order valence-electron chi connectivity index (χ3n) is 4.43. The van der Waals surface area contributed by atoms with Gasteiger partial charge in [0, 0.05) is 10.9 Å². The van der Waals surface area contributed by atoms with E-state index >= 15 is 0 Å². The molecule has 2 atom stereocenters. The Kier molecular flexibility index (Phi) is 5.81. The number of hydrogen-bond acceptors (Lipinski definition) is 4. The highest BCUT2D eigenvalue weighted by molar-refractivity contribution is 7.80. The van der Waals surface area contributed by atoms with E-state index in [9.17, 15) is 4.79 Å². The molecule has 1 aromatic rings. The summed E-state index contributed by atoms with van der Waals surface area (Å²) >= 11 is 6.97. The molecule has 6 heteroatoms. The maximum Gasteiger partial charge on any atom is 0.341 e.